The summed E-state index contributed by atoms with van der Waals surface area (Å²) in [4.78, 5) is 51.2. The molecule has 0 bridgehead atoms. The summed E-state index contributed by atoms with van der Waals surface area (Å²) in [5.74, 6) is 0.0596. The SMILES string of the molecule is CC(Nc1nc(OC(=O)N(c2ccccc2)c2ccccc2)c2ncn([C@H]3C[C@@H]4O[Si](C(C)C)(C(C)C)O[Si](C(C)C)(C(C)C)OC[C@H]4O3)c2n1)c1cn(C(=O)N(c2ccccc2)c2ccccc2)cn1. The number of anilines is 5. The number of nitrogens with zero attached hydrogens (tertiary/aromatic N) is 8. The molecule has 4 atom stereocenters. The maximum Gasteiger partial charge on any atom is 0.425 e. The van der Waals surface area contributed by atoms with Crippen molar-refractivity contribution in [3.05, 3.63) is 146 Å². The Morgan fingerprint density at radius 2 is 1.18 bits per heavy atom. The van der Waals surface area contributed by atoms with Gasteiger partial charge in [0.15, 0.2) is 11.2 Å². The Bertz CT molecular complexity index is 2830. The summed E-state index contributed by atoms with van der Waals surface area (Å²) in [6.07, 6.45) is 3.27. The topological polar surface area (TPSA) is 160 Å². The maximum atomic E-state index is 14.5. The van der Waals surface area contributed by atoms with Crippen LogP contribution in [0.15, 0.2) is 140 Å². The van der Waals surface area contributed by atoms with Gasteiger partial charge in [-0.2, -0.15) is 9.97 Å². The largest absolute Gasteiger partial charge is 0.425 e. The first-order chi connectivity index (χ1) is 34.2. The summed E-state index contributed by atoms with van der Waals surface area (Å²) in [6.45, 7) is 19.8. The lowest BCUT2D eigenvalue weighted by atomic mass is 10.2. The van der Waals surface area contributed by atoms with E-state index in [1.54, 1.807) is 17.4 Å². The van der Waals surface area contributed by atoms with Crippen LogP contribution in [0.25, 0.3) is 11.2 Å². The van der Waals surface area contributed by atoms with E-state index in [0.717, 1.165) is 0 Å². The van der Waals surface area contributed by atoms with Crippen molar-refractivity contribution in [3.8, 4) is 5.88 Å². The number of nitrogens with one attached hydrogen (secondary N) is 1. The molecule has 4 aromatic carbocycles. The second kappa shape index (κ2) is 20.7. The first-order valence-corrected chi connectivity index (χ1v) is 28.4. The minimum Gasteiger partial charge on any atom is -0.414 e. The average molecular weight is 994 g/mol. The molecule has 2 aliphatic heterocycles. The number of ether oxygens (including phenoxy) is 2. The number of imidazole rings is 2. The van der Waals surface area contributed by atoms with E-state index in [4.69, 9.17) is 37.4 Å². The van der Waals surface area contributed by atoms with Gasteiger partial charge < -0.3 is 27.8 Å². The normalized spacial score (nSPS) is 19.1. The highest BCUT2D eigenvalue weighted by Gasteiger charge is 2.60. The summed E-state index contributed by atoms with van der Waals surface area (Å²) < 4.78 is 38.4. The van der Waals surface area contributed by atoms with Gasteiger partial charge in [-0.1, -0.05) is 128 Å². The fourth-order valence-electron chi connectivity index (χ4n) is 9.76. The Kier molecular flexibility index (Phi) is 14.4. The highest BCUT2D eigenvalue weighted by Crippen LogP contribution is 2.49. The smallest absolute Gasteiger partial charge is 0.414 e. The average Bonchev–Trinajstić information content (AvgIpc) is 4.12. The standard InChI is InChI=1S/C53H63N9O7Si2/c1-35(2)70(36(3)4)65-32-46-45(68-71(69-70,37(5)6)38(7)8)30-47(66-46)60-34-55-48-49(60)57-51(58-50(48)67-53(64)62(42-26-18-12-19-27-42)43-28-20-13-21-29-43)56-39(9)44-31-59(33-54-44)52(63)61(40-22-14-10-15-23-40)41-24-16-11-17-25-41/h10-29,31,33-39,45-47H,30,32H2,1-9H3,(H,56,57,58)/t39?,45-,46+,47+/m0/s1. The molecule has 3 aromatic heterocycles. The quantitative estimate of drug-likeness (QED) is 0.109. The summed E-state index contributed by atoms with van der Waals surface area (Å²) in [5, 5.41) is 3.38. The van der Waals surface area contributed by atoms with E-state index < -0.39 is 41.6 Å². The lowest BCUT2D eigenvalue weighted by Gasteiger charge is -2.51. The molecule has 0 saturated carbocycles. The van der Waals surface area contributed by atoms with Gasteiger partial charge in [0.2, 0.25) is 5.95 Å². The number of hydrogen-bond donors (Lipinski definition) is 1. The number of para-hydroxylation sites is 4. The molecule has 0 aliphatic carbocycles. The number of carbonyl (C=O) groups excluding carboxylic acids is 2. The number of amides is 2. The minimum atomic E-state index is -2.93. The van der Waals surface area contributed by atoms with E-state index in [2.05, 4.69) is 65.7 Å². The fraction of sp³-hybridized carbons (Fsp3) is 0.358. The lowest BCUT2D eigenvalue weighted by molar-refractivity contribution is -0.0544. The molecule has 2 saturated heterocycles. The van der Waals surface area contributed by atoms with Crippen molar-refractivity contribution < 1.29 is 32.0 Å². The van der Waals surface area contributed by atoms with Crippen molar-refractivity contribution in [1.82, 2.24) is 29.1 Å². The fourth-order valence-corrected chi connectivity index (χ4v) is 21.0. The van der Waals surface area contributed by atoms with E-state index in [9.17, 15) is 9.59 Å². The van der Waals surface area contributed by atoms with Crippen LogP contribution in [0.2, 0.25) is 22.2 Å². The number of hydrogen-bond acceptors (Lipinski definition) is 12. The molecule has 2 amide bonds. The molecule has 9 rings (SSSR count). The van der Waals surface area contributed by atoms with Crippen molar-refractivity contribution in [3.63, 3.8) is 0 Å². The van der Waals surface area contributed by atoms with Crippen LogP contribution in [-0.2, 0) is 17.7 Å². The summed E-state index contributed by atoms with van der Waals surface area (Å²) in [5.41, 5.74) is 4.40. The van der Waals surface area contributed by atoms with E-state index in [-0.39, 0.29) is 51.6 Å². The Morgan fingerprint density at radius 3 is 1.70 bits per heavy atom. The number of carbonyl (C=O) groups is 2. The van der Waals surface area contributed by atoms with Gasteiger partial charge in [-0.3, -0.25) is 14.0 Å². The molecule has 1 N–H and O–H groups in total. The zero-order valence-electron chi connectivity index (χ0n) is 41.7. The van der Waals surface area contributed by atoms with Crippen molar-refractivity contribution in [2.45, 2.75) is 115 Å². The lowest BCUT2D eigenvalue weighted by Crippen LogP contribution is -2.65. The molecule has 71 heavy (non-hydrogen) atoms. The molecule has 0 spiro atoms. The molecule has 18 heteroatoms. The van der Waals surface area contributed by atoms with Crippen LogP contribution in [-0.4, -0.2) is 77.1 Å². The number of fused-ring (bicyclic) bond motifs is 2. The first-order valence-electron chi connectivity index (χ1n) is 24.5. The van der Waals surface area contributed by atoms with Gasteiger partial charge >= 0.3 is 29.2 Å². The third-order valence-electron chi connectivity index (χ3n) is 13.5. The maximum absolute atomic E-state index is 14.5. The minimum absolute atomic E-state index is 0.0694. The monoisotopic (exact) mass is 993 g/mol. The highest BCUT2D eigenvalue weighted by molar-refractivity contribution is 6.84. The molecule has 0 radical (unpaired) electrons. The van der Waals surface area contributed by atoms with Crippen molar-refractivity contribution in [1.29, 1.82) is 0 Å². The predicted octanol–water partition coefficient (Wildman–Crippen LogP) is 12.6. The van der Waals surface area contributed by atoms with Crippen molar-refractivity contribution in [2.24, 2.45) is 0 Å². The van der Waals surface area contributed by atoms with Crippen LogP contribution in [0.3, 0.4) is 0 Å². The number of benzene rings is 4. The molecule has 2 aliphatic rings. The highest BCUT2D eigenvalue weighted by atomic mass is 28.5. The molecule has 16 nitrogen and oxygen atoms in total. The van der Waals surface area contributed by atoms with Crippen LogP contribution >= 0.6 is 0 Å². The number of rotatable bonds is 13. The molecule has 7 aromatic rings. The summed E-state index contributed by atoms with van der Waals surface area (Å²) in [6, 6.07) is 36.6. The third-order valence-corrected chi connectivity index (χ3v) is 23.7. The van der Waals surface area contributed by atoms with Crippen LogP contribution in [0.5, 0.6) is 5.88 Å². The summed E-state index contributed by atoms with van der Waals surface area (Å²) >= 11 is 0. The molecular weight excluding hydrogens is 931 g/mol. The van der Waals surface area contributed by atoms with E-state index in [1.165, 1.54) is 15.8 Å². The van der Waals surface area contributed by atoms with Gasteiger partial charge in [0.1, 0.15) is 18.7 Å². The van der Waals surface area contributed by atoms with Gasteiger partial charge in [-0.15, -0.1) is 0 Å². The molecule has 2 fully saturated rings. The Hall–Kier alpha value is -6.55. The zero-order valence-corrected chi connectivity index (χ0v) is 43.7. The van der Waals surface area contributed by atoms with E-state index in [0.29, 0.717) is 47.1 Å². The van der Waals surface area contributed by atoms with Crippen molar-refractivity contribution in [2.75, 3.05) is 21.7 Å². The third kappa shape index (κ3) is 9.79. The van der Waals surface area contributed by atoms with Crippen LogP contribution in [0, 0.1) is 0 Å². The van der Waals surface area contributed by atoms with Gasteiger partial charge in [-0.05, 0) is 77.6 Å². The van der Waals surface area contributed by atoms with Crippen LogP contribution in [0.4, 0.5) is 38.3 Å². The molecule has 5 heterocycles. The molecule has 370 valence electrons. The second-order valence-corrected chi connectivity index (χ2v) is 28.3. The molecule has 1 unspecified atom stereocenters. The Labute approximate surface area is 417 Å². The van der Waals surface area contributed by atoms with Gasteiger partial charge in [0.05, 0.1) is 53.5 Å². The zero-order chi connectivity index (χ0) is 50.0. The van der Waals surface area contributed by atoms with E-state index >= 15 is 0 Å². The molecular formula is C53H63N9O7Si2. The van der Waals surface area contributed by atoms with Gasteiger partial charge in [0.25, 0.3) is 5.88 Å². The van der Waals surface area contributed by atoms with Crippen LogP contribution in [0.1, 0.15) is 86.7 Å². The Balaban J connectivity index is 1.07. The summed E-state index contributed by atoms with van der Waals surface area (Å²) in [7, 11) is -5.75. The van der Waals surface area contributed by atoms with Gasteiger partial charge in [-0.25, -0.2) is 24.5 Å². The van der Waals surface area contributed by atoms with Gasteiger partial charge in [0, 0.05) is 12.6 Å². The van der Waals surface area contributed by atoms with E-state index in [1.807, 2.05) is 133 Å². The van der Waals surface area contributed by atoms with Crippen molar-refractivity contribution >= 4 is 69.1 Å². The first kappa shape index (κ1) is 49.4. The second-order valence-electron chi connectivity index (χ2n) is 19.4. The Morgan fingerprint density at radius 1 is 0.662 bits per heavy atom. The predicted molar refractivity (Wildman–Crippen MR) is 279 cm³/mol. The number of aromatic nitrogens is 6. The van der Waals surface area contributed by atoms with Crippen LogP contribution < -0.4 is 19.9 Å².